The summed E-state index contributed by atoms with van der Waals surface area (Å²) in [6.07, 6.45) is 11.2. The van der Waals surface area contributed by atoms with Gasteiger partial charge in [0.05, 0.1) is 11.9 Å². The topological polar surface area (TPSA) is 71.5 Å². The highest BCUT2D eigenvalue weighted by Gasteiger charge is 2.30. The number of amides is 1. The minimum Gasteiger partial charge on any atom is -0.490 e. The van der Waals surface area contributed by atoms with Gasteiger partial charge >= 0.3 is 0 Å². The van der Waals surface area contributed by atoms with Crippen LogP contribution in [0, 0.1) is 6.92 Å². The van der Waals surface area contributed by atoms with Gasteiger partial charge in [0.15, 0.2) is 0 Å². The average molecular weight is 381 g/mol. The lowest BCUT2D eigenvalue weighted by atomic mass is 9.98. The molecule has 1 amide bonds. The summed E-state index contributed by atoms with van der Waals surface area (Å²) >= 11 is 0. The monoisotopic (exact) mass is 381 g/mol. The summed E-state index contributed by atoms with van der Waals surface area (Å²) in [6.45, 7) is 5.55. The maximum absolute atomic E-state index is 12.6. The van der Waals surface area contributed by atoms with E-state index in [2.05, 4.69) is 19.9 Å². The predicted octanol–water partition coefficient (Wildman–Crippen LogP) is 2.33. The van der Waals surface area contributed by atoms with E-state index in [4.69, 9.17) is 4.74 Å². The van der Waals surface area contributed by atoms with Crippen LogP contribution in [0.1, 0.15) is 41.9 Å². The third-order valence-corrected chi connectivity index (χ3v) is 5.70. The van der Waals surface area contributed by atoms with E-state index in [1.165, 1.54) is 0 Å². The maximum Gasteiger partial charge on any atom is 0.274 e. The fourth-order valence-corrected chi connectivity index (χ4v) is 4.07. The van der Waals surface area contributed by atoms with Crippen LogP contribution in [0.25, 0.3) is 0 Å². The van der Waals surface area contributed by atoms with Gasteiger partial charge in [-0.15, -0.1) is 0 Å². The van der Waals surface area contributed by atoms with Gasteiger partial charge in [-0.25, -0.2) is 4.98 Å². The molecule has 0 unspecified atom stereocenters. The Morgan fingerprint density at radius 2 is 1.71 bits per heavy atom. The van der Waals surface area contributed by atoms with Gasteiger partial charge < -0.3 is 9.64 Å². The first-order valence-electron chi connectivity index (χ1n) is 10.1. The van der Waals surface area contributed by atoms with Gasteiger partial charge in [-0.1, -0.05) is 0 Å². The highest BCUT2D eigenvalue weighted by atomic mass is 16.5. The number of rotatable bonds is 4. The number of ether oxygens (including phenoxy) is 1. The van der Waals surface area contributed by atoms with Crippen LogP contribution >= 0.6 is 0 Å². The number of aryl methyl sites for hydroxylation is 1. The Kier molecular flexibility index (Phi) is 5.81. The maximum atomic E-state index is 12.6. The summed E-state index contributed by atoms with van der Waals surface area (Å²) in [5.74, 6) is 0.898. The molecule has 0 aliphatic carbocycles. The normalized spacial score (nSPS) is 19.5. The molecular weight excluding hydrogens is 354 g/mol. The molecule has 0 bridgehead atoms. The molecule has 2 aliphatic heterocycles. The molecule has 148 valence electrons. The third kappa shape index (κ3) is 4.47. The quantitative estimate of drug-likeness (QED) is 0.809. The number of piperidine rings is 2. The van der Waals surface area contributed by atoms with E-state index >= 15 is 0 Å². The van der Waals surface area contributed by atoms with Gasteiger partial charge in [0.2, 0.25) is 0 Å². The van der Waals surface area contributed by atoms with Gasteiger partial charge in [0.25, 0.3) is 5.91 Å². The number of carbonyl (C=O) groups excluding carboxylic acids is 1. The van der Waals surface area contributed by atoms with Crippen molar-refractivity contribution in [1.29, 1.82) is 0 Å². The minimum absolute atomic E-state index is 0.00425. The summed E-state index contributed by atoms with van der Waals surface area (Å²) in [7, 11) is 0. The lowest BCUT2D eigenvalue weighted by molar-refractivity contribution is 0.0422. The Bertz CT molecular complexity index is 767. The van der Waals surface area contributed by atoms with Crippen molar-refractivity contribution in [3.05, 3.63) is 48.3 Å². The van der Waals surface area contributed by atoms with Crippen molar-refractivity contribution < 1.29 is 9.53 Å². The number of nitrogens with zero attached hydrogens (tertiary/aromatic N) is 5. The van der Waals surface area contributed by atoms with E-state index in [-0.39, 0.29) is 12.0 Å². The van der Waals surface area contributed by atoms with Gasteiger partial charge in [-0.3, -0.25) is 19.7 Å². The highest BCUT2D eigenvalue weighted by molar-refractivity contribution is 5.92. The van der Waals surface area contributed by atoms with Crippen LogP contribution in [-0.2, 0) is 0 Å². The van der Waals surface area contributed by atoms with Crippen molar-refractivity contribution in [3.8, 4) is 5.75 Å². The highest BCUT2D eigenvalue weighted by Crippen LogP contribution is 2.24. The predicted molar refractivity (Wildman–Crippen MR) is 105 cm³/mol. The molecular formula is C21H27N5O2. The van der Waals surface area contributed by atoms with Gasteiger partial charge in [0, 0.05) is 50.8 Å². The van der Waals surface area contributed by atoms with Gasteiger partial charge in [0.1, 0.15) is 17.5 Å². The zero-order valence-corrected chi connectivity index (χ0v) is 16.3. The van der Waals surface area contributed by atoms with Crippen molar-refractivity contribution in [2.24, 2.45) is 0 Å². The zero-order valence-electron chi connectivity index (χ0n) is 16.3. The number of aromatic nitrogens is 3. The standard InChI is InChI=1S/C21H27N5O2/c1-16-14-24-20(15-23-16)21(27)26-10-4-17(5-11-26)25-12-6-19(7-13-25)28-18-2-8-22-9-3-18/h2-3,8-9,14-15,17,19H,4-7,10-13H2,1H3. The second-order valence-electron chi connectivity index (χ2n) is 7.60. The number of hydrogen-bond donors (Lipinski definition) is 0. The molecule has 7 heteroatoms. The Morgan fingerprint density at radius 1 is 1.00 bits per heavy atom. The van der Waals surface area contributed by atoms with Crippen LogP contribution < -0.4 is 4.74 Å². The molecule has 2 fully saturated rings. The van der Waals surface area contributed by atoms with Crippen molar-refractivity contribution in [2.45, 2.75) is 44.8 Å². The van der Waals surface area contributed by atoms with Gasteiger partial charge in [-0.2, -0.15) is 0 Å². The number of hydrogen-bond acceptors (Lipinski definition) is 6. The SMILES string of the molecule is Cc1cnc(C(=O)N2CCC(N3CCC(Oc4ccncc4)CC3)CC2)cn1. The molecule has 4 rings (SSSR count). The van der Waals surface area contributed by atoms with Gasteiger partial charge in [-0.05, 0) is 44.7 Å². The lowest BCUT2D eigenvalue weighted by Gasteiger charge is -2.41. The molecule has 0 saturated carbocycles. The van der Waals surface area contributed by atoms with E-state index in [0.29, 0.717) is 11.7 Å². The van der Waals surface area contributed by atoms with Crippen molar-refractivity contribution in [3.63, 3.8) is 0 Å². The van der Waals surface area contributed by atoms with Crippen molar-refractivity contribution in [2.75, 3.05) is 26.2 Å². The molecule has 28 heavy (non-hydrogen) atoms. The smallest absolute Gasteiger partial charge is 0.274 e. The summed E-state index contributed by atoms with van der Waals surface area (Å²) in [5, 5.41) is 0. The second kappa shape index (κ2) is 8.65. The largest absolute Gasteiger partial charge is 0.490 e. The molecule has 4 heterocycles. The molecule has 0 spiro atoms. The van der Waals surface area contributed by atoms with E-state index in [9.17, 15) is 4.79 Å². The van der Waals surface area contributed by atoms with Crippen LogP contribution in [0.2, 0.25) is 0 Å². The van der Waals surface area contributed by atoms with Crippen molar-refractivity contribution in [1.82, 2.24) is 24.8 Å². The molecule has 0 radical (unpaired) electrons. The first-order chi connectivity index (χ1) is 13.7. The Labute approximate surface area is 165 Å². The second-order valence-corrected chi connectivity index (χ2v) is 7.60. The average Bonchev–Trinajstić information content (AvgIpc) is 2.75. The van der Waals surface area contributed by atoms with E-state index in [1.54, 1.807) is 24.8 Å². The zero-order chi connectivity index (χ0) is 19.3. The number of carbonyl (C=O) groups is 1. The number of likely N-dealkylation sites (tertiary alicyclic amines) is 2. The third-order valence-electron chi connectivity index (χ3n) is 5.70. The molecule has 0 aromatic carbocycles. The molecule has 7 nitrogen and oxygen atoms in total. The van der Waals surface area contributed by atoms with E-state index in [0.717, 1.165) is 63.3 Å². The first-order valence-corrected chi connectivity index (χ1v) is 10.1. The van der Waals surface area contributed by atoms with Crippen LogP contribution in [0.3, 0.4) is 0 Å². The Hall–Kier alpha value is -2.54. The summed E-state index contributed by atoms with van der Waals surface area (Å²) in [5.41, 5.74) is 1.27. The van der Waals surface area contributed by atoms with E-state index in [1.807, 2.05) is 24.0 Å². The Morgan fingerprint density at radius 3 is 2.36 bits per heavy atom. The van der Waals surface area contributed by atoms with Crippen LogP contribution in [0.15, 0.2) is 36.9 Å². The van der Waals surface area contributed by atoms with Crippen LogP contribution in [0.5, 0.6) is 5.75 Å². The molecule has 2 aromatic rings. The van der Waals surface area contributed by atoms with E-state index < -0.39 is 0 Å². The molecule has 2 saturated heterocycles. The summed E-state index contributed by atoms with van der Waals surface area (Å²) < 4.78 is 6.06. The molecule has 2 aromatic heterocycles. The first kappa shape index (κ1) is 18.8. The van der Waals surface area contributed by atoms with Crippen LogP contribution in [0.4, 0.5) is 0 Å². The molecule has 0 N–H and O–H groups in total. The molecule has 0 atom stereocenters. The molecule has 2 aliphatic rings. The summed E-state index contributed by atoms with van der Waals surface area (Å²) in [4.78, 5) is 29.5. The fourth-order valence-electron chi connectivity index (χ4n) is 4.07. The van der Waals surface area contributed by atoms with Crippen molar-refractivity contribution >= 4 is 5.91 Å². The lowest BCUT2D eigenvalue weighted by Crippen LogP contribution is -2.50. The fraction of sp³-hybridized carbons (Fsp3) is 0.524. The minimum atomic E-state index is -0.00425. The van der Waals surface area contributed by atoms with Crippen LogP contribution in [-0.4, -0.2) is 69.0 Å². The summed E-state index contributed by atoms with van der Waals surface area (Å²) in [6, 6.07) is 4.38. The Balaban J connectivity index is 1.23. The number of pyridine rings is 1.